The summed E-state index contributed by atoms with van der Waals surface area (Å²) in [6, 6.07) is 8.53. The quantitative estimate of drug-likeness (QED) is 0.866. The van der Waals surface area contributed by atoms with Crippen molar-refractivity contribution in [2.45, 2.75) is 31.8 Å². The zero-order chi connectivity index (χ0) is 13.9. The van der Waals surface area contributed by atoms with Crippen LogP contribution in [0.5, 0.6) is 0 Å². The monoisotopic (exact) mass is 262 g/mol. The number of aryl methyl sites for hydroxylation is 1. The number of likely N-dealkylation sites (tertiary alicyclic amines) is 1. The minimum absolute atomic E-state index is 0.657. The number of carboxylic acids is 1. The third-order valence-corrected chi connectivity index (χ3v) is 4.12. The SMILES string of the molecule is CNC1(C(=O)O)CCN(Cc2ccc(C)cc2)CC1. The number of hydrogen-bond donors (Lipinski definition) is 2. The maximum absolute atomic E-state index is 11.3. The number of carbonyl (C=O) groups is 1. The number of carboxylic acid groups (broad SMARTS) is 1. The standard InChI is InChI=1S/C15H22N2O2/c1-12-3-5-13(6-4-12)11-17-9-7-15(16-2,8-10-17)14(18)19/h3-6,16H,7-11H2,1-2H3,(H,18,19). The van der Waals surface area contributed by atoms with Crippen molar-refractivity contribution in [1.82, 2.24) is 10.2 Å². The number of piperidine rings is 1. The van der Waals surface area contributed by atoms with E-state index in [1.54, 1.807) is 7.05 Å². The highest BCUT2D eigenvalue weighted by Gasteiger charge is 2.39. The molecule has 0 radical (unpaired) electrons. The molecule has 1 heterocycles. The lowest BCUT2D eigenvalue weighted by Crippen LogP contribution is -2.57. The van der Waals surface area contributed by atoms with Crippen LogP contribution in [-0.4, -0.2) is 41.7 Å². The fraction of sp³-hybridized carbons (Fsp3) is 0.533. The Hall–Kier alpha value is -1.39. The Morgan fingerprint density at radius 1 is 1.32 bits per heavy atom. The average Bonchev–Trinajstić information content (AvgIpc) is 2.42. The summed E-state index contributed by atoms with van der Waals surface area (Å²) in [6.45, 7) is 4.63. The average molecular weight is 262 g/mol. The van der Waals surface area contributed by atoms with Gasteiger partial charge in [0.15, 0.2) is 0 Å². The third-order valence-electron chi connectivity index (χ3n) is 4.12. The Kier molecular flexibility index (Phi) is 4.22. The molecule has 104 valence electrons. The normalized spacial score (nSPS) is 19.3. The van der Waals surface area contributed by atoms with E-state index < -0.39 is 11.5 Å². The summed E-state index contributed by atoms with van der Waals surface area (Å²) in [5, 5.41) is 12.3. The Balaban J connectivity index is 1.93. The van der Waals surface area contributed by atoms with Crippen LogP contribution in [0.15, 0.2) is 24.3 Å². The summed E-state index contributed by atoms with van der Waals surface area (Å²) in [5.41, 5.74) is 1.82. The zero-order valence-electron chi connectivity index (χ0n) is 11.6. The lowest BCUT2D eigenvalue weighted by molar-refractivity contribution is -0.146. The summed E-state index contributed by atoms with van der Waals surface area (Å²) < 4.78 is 0. The highest BCUT2D eigenvalue weighted by atomic mass is 16.4. The van der Waals surface area contributed by atoms with Gasteiger partial charge in [0, 0.05) is 19.6 Å². The molecular formula is C15H22N2O2. The van der Waals surface area contributed by atoms with Crippen LogP contribution in [0, 0.1) is 6.92 Å². The zero-order valence-corrected chi connectivity index (χ0v) is 11.6. The van der Waals surface area contributed by atoms with Gasteiger partial charge in [0.25, 0.3) is 0 Å². The Labute approximate surface area is 114 Å². The molecule has 0 amide bonds. The number of hydrogen-bond acceptors (Lipinski definition) is 3. The molecule has 0 aliphatic carbocycles. The highest BCUT2D eigenvalue weighted by molar-refractivity contribution is 5.78. The van der Waals surface area contributed by atoms with Gasteiger partial charge in [-0.25, -0.2) is 0 Å². The first-order chi connectivity index (χ1) is 9.05. The first kappa shape index (κ1) is 14.0. The van der Waals surface area contributed by atoms with E-state index in [0.29, 0.717) is 12.8 Å². The maximum Gasteiger partial charge on any atom is 0.323 e. The number of benzene rings is 1. The smallest absolute Gasteiger partial charge is 0.323 e. The van der Waals surface area contributed by atoms with Crippen LogP contribution in [0.3, 0.4) is 0 Å². The van der Waals surface area contributed by atoms with Gasteiger partial charge < -0.3 is 10.4 Å². The van der Waals surface area contributed by atoms with Crippen molar-refractivity contribution >= 4 is 5.97 Å². The number of nitrogens with one attached hydrogen (secondary N) is 1. The molecule has 0 saturated carbocycles. The molecule has 0 spiro atoms. The predicted molar refractivity (Wildman–Crippen MR) is 75.1 cm³/mol. The van der Waals surface area contributed by atoms with E-state index in [9.17, 15) is 9.90 Å². The van der Waals surface area contributed by atoms with E-state index in [1.807, 2.05) is 0 Å². The van der Waals surface area contributed by atoms with E-state index >= 15 is 0 Å². The molecule has 1 aliphatic heterocycles. The van der Waals surface area contributed by atoms with Gasteiger partial charge in [-0.05, 0) is 32.4 Å². The van der Waals surface area contributed by atoms with Crippen LogP contribution in [0.25, 0.3) is 0 Å². The number of rotatable bonds is 4. The maximum atomic E-state index is 11.3. The minimum Gasteiger partial charge on any atom is -0.480 e. The number of likely N-dealkylation sites (N-methyl/N-ethyl adjacent to an activating group) is 1. The van der Waals surface area contributed by atoms with Crippen LogP contribution in [0.4, 0.5) is 0 Å². The van der Waals surface area contributed by atoms with Crippen molar-refractivity contribution in [3.63, 3.8) is 0 Å². The van der Waals surface area contributed by atoms with Crippen molar-refractivity contribution in [3.05, 3.63) is 35.4 Å². The van der Waals surface area contributed by atoms with E-state index in [0.717, 1.165) is 19.6 Å². The van der Waals surface area contributed by atoms with Crippen LogP contribution in [0.1, 0.15) is 24.0 Å². The van der Waals surface area contributed by atoms with Crippen molar-refractivity contribution in [2.75, 3.05) is 20.1 Å². The molecule has 1 fully saturated rings. The second-order valence-electron chi connectivity index (χ2n) is 5.40. The Bertz CT molecular complexity index is 434. The van der Waals surface area contributed by atoms with Crippen molar-refractivity contribution in [3.8, 4) is 0 Å². The lowest BCUT2D eigenvalue weighted by Gasteiger charge is -2.38. The third kappa shape index (κ3) is 3.14. The molecule has 2 rings (SSSR count). The fourth-order valence-electron chi connectivity index (χ4n) is 2.62. The molecule has 0 bridgehead atoms. The largest absolute Gasteiger partial charge is 0.480 e. The van der Waals surface area contributed by atoms with E-state index in [2.05, 4.69) is 41.4 Å². The lowest BCUT2D eigenvalue weighted by atomic mass is 9.87. The Morgan fingerprint density at radius 3 is 2.37 bits per heavy atom. The Morgan fingerprint density at radius 2 is 1.89 bits per heavy atom. The predicted octanol–water partition coefficient (Wildman–Crippen LogP) is 1.63. The molecular weight excluding hydrogens is 240 g/mol. The van der Waals surface area contributed by atoms with Crippen molar-refractivity contribution in [1.29, 1.82) is 0 Å². The van der Waals surface area contributed by atoms with Crippen LogP contribution in [-0.2, 0) is 11.3 Å². The molecule has 1 saturated heterocycles. The van der Waals surface area contributed by atoms with E-state index in [4.69, 9.17) is 0 Å². The summed E-state index contributed by atoms with van der Waals surface area (Å²) in [5.74, 6) is -0.731. The molecule has 1 aromatic rings. The van der Waals surface area contributed by atoms with Gasteiger partial charge in [-0.2, -0.15) is 0 Å². The summed E-state index contributed by atoms with van der Waals surface area (Å²) in [6.07, 6.45) is 1.31. The molecule has 1 aromatic carbocycles. The first-order valence-electron chi connectivity index (χ1n) is 6.76. The van der Waals surface area contributed by atoms with E-state index in [-0.39, 0.29) is 0 Å². The van der Waals surface area contributed by atoms with Gasteiger partial charge in [-0.1, -0.05) is 29.8 Å². The topological polar surface area (TPSA) is 52.6 Å². The summed E-state index contributed by atoms with van der Waals surface area (Å²) in [4.78, 5) is 13.7. The van der Waals surface area contributed by atoms with Crippen LogP contribution < -0.4 is 5.32 Å². The van der Waals surface area contributed by atoms with Crippen molar-refractivity contribution < 1.29 is 9.90 Å². The van der Waals surface area contributed by atoms with Gasteiger partial charge in [-0.3, -0.25) is 9.69 Å². The molecule has 0 aromatic heterocycles. The van der Waals surface area contributed by atoms with Gasteiger partial charge in [0.2, 0.25) is 0 Å². The number of aliphatic carboxylic acids is 1. The minimum atomic E-state index is -0.732. The summed E-state index contributed by atoms with van der Waals surface area (Å²) >= 11 is 0. The second-order valence-corrected chi connectivity index (χ2v) is 5.40. The molecule has 19 heavy (non-hydrogen) atoms. The van der Waals surface area contributed by atoms with Gasteiger partial charge in [0.1, 0.15) is 5.54 Å². The molecule has 0 atom stereocenters. The van der Waals surface area contributed by atoms with Gasteiger partial charge >= 0.3 is 5.97 Å². The van der Waals surface area contributed by atoms with Crippen LogP contribution >= 0.6 is 0 Å². The first-order valence-corrected chi connectivity index (χ1v) is 6.76. The van der Waals surface area contributed by atoms with Gasteiger partial charge in [-0.15, -0.1) is 0 Å². The molecule has 2 N–H and O–H groups in total. The molecule has 4 nitrogen and oxygen atoms in total. The highest BCUT2D eigenvalue weighted by Crippen LogP contribution is 2.23. The molecule has 1 aliphatic rings. The number of nitrogens with zero attached hydrogens (tertiary/aromatic N) is 1. The van der Waals surface area contributed by atoms with Crippen LogP contribution in [0.2, 0.25) is 0 Å². The van der Waals surface area contributed by atoms with E-state index in [1.165, 1.54) is 11.1 Å². The fourth-order valence-corrected chi connectivity index (χ4v) is 2.62. The molecule has 4 heteroatoms. The molecule has 0 unspecified atom stereocenters. The van der Waals surface area contributed by atoms with Crippen molar-refractivity contribution in [2.24, 2.45) is 0 Å². The second kappa shape index (κ2) is 5.72. The van der Waals surface area contributed by atoms with Gasteiger partial charge in [0.05, 0.1) is 0 Å². The summed E-state index contributed by atoms with van der Waals surface area (Å²) in [7, 11) is 1.74.